The molecule has 0 spiro atoms. The average molecular weight is 383 g/mol. The molecule has 2 heterocycles. The van der Waals surface area contributed by atoms with E-state index in [4.69, 9.17) is 23.2 Å². The summed E-state index contributed by atoms with van der Waals surface area (Å²) in [5, 5.41) is 3.61. The molecular weight excluding hydrogens is 371 g/mol. The number of imidazole rings is 1. The van der Waals surface area contributed by atoms with Crippen molar-refractivity contribution in [3.8, 4) is 11.3 Å². The normalized spacial score (nSPS) is 10.8. The molecule has 26 heavy (non-hydrogen) atoms. The van der Waals surface area contributed by atoms with Gasteiger partial charge in [0.05, 0.1) is 16.3 Å². The lowest BCUT2D eigenvalue weighted by atomic mass is 10.1. The second kappa shape index (κ2) is 6.78. The van der Waals surface area contributed by atoms with Crippen LogP contribution in [0.3, 0.4) is 0 Å². The molecule has 0 saturated carbocycles. The molecule has 0 fully saturated rings. The fraction of sp³-hybridized carbons (Fsp3) is 0. The molecular formula is C19H12Cl2N4O. The van der Waals surface area contributed by atoms with Crippen LogP contribution in [0.5, 0.6) is 0 Å². The summed E-state index contributed by atoms with van der Waals surface area (Å²) in [7, 11) is 0. The summed E-state index contributed by atoms with van der Waals surface area (Å²) in [5.74, 6) is 0.341. The molecule has 5 nitrogen and oxygen atoms in total. The Morgan fingerprint density at radius 1 is 1.08 bits per heavy atom. The minimum absolute atomic E-state index is 0.295. The Balaban J connectivity index is 1.55. The minimum Gasteiger partial charge on any atom is -0.322 e. The molecule has 0 unspecified atom stereocenters. The molecule has 0 radical (unpaired) electrons. The standard InChI is InChI=1S/C19H12Cl2N4O/c20-13-4-7-15(16(21)10-13)18(26)23-14-5-2-12(3-6-14)17-11-25-9-1-8-22-19(25)24-17/h1-11H,(H,23,26). The number of nitrogens with one attached hydrogen (secondary N) is 1. The van der Waals surface area contributed by atoms with Crippen LogP contribution >= 0.6 is 23.2 Å². The highest BCUT2D eigenvalue weighted by Crippen LogP contribution is 2.24. The molecule has 2 aromatic carbocycles. The van der Waals surface area contributed by atoms with Crippen molar-refractivity contribution in [2.45, 2.75) is 0 Å². The number of anilines is 1. The Morgan fingerprint density at radius 2 is 1.88 bits per heavy atom. The molecule has 2 aromatic heterocycles. The van der Waals surface area contributed by atoms with Crippen LogP contribution in [0, 0.1) is 0 Å². The highest BCUT2D eigenvalue weighted by Gasteiger charge is 2.11. The zero-order chi connectivity index (χ0) is 18.1. The third-order valence-electron chi connectivity index (χ3n) is 3.85. The molecule has 0 aliphatic heterocycles. The smallest absolute Gasteiger partial charge is 0.257 e. The van der Waals surface area contributed by atoms with Crippen molar-refractivity contribution in [3.63, 3.8) is 0 Å². The number of aromatic nitrogens is 3. The van der Waals surface area contributed by atoms with E-state index in [2.05, 4.69) is 15.3 Å². The first-order valence-corrected chi connectivity index (χ1v) is 8.52. The number of hydrogen-bond donors (Lipinski definition) is 1. The fourth-order valence-corrected chi connectivity index (χ4v) is 3.06. The highest BCUT2D eigenvalue weighted by molar-refractivity contribution is 6.37. The lowest BCUT2D eigenvalue weighted by molar-refractivity contribution is 0.102. The molecule has 128 valence electrons. The predicted octanol–water partition coefficient (Wildman–Crippen LogP) is 4.96. The molecule has 1 amide bonds. The third-order valence-corrected chi connectivity index (χ3v) is 4.40. The maximum atomic E-state index is 12.4. The highest BCUT2D eigenvalue weighted by atomic mass is 35.5. The summed E-state index contributed by atoms with van der Waals surface area (Å²) in [6, 6.07) is 14.0. The first-order chi connectivity index (χ1) is 12.6. The van der Waals surface area contributed by atoms with Gasteiger partial charge in [-0.1, -0.05) is 35.3 Å². The predicted molar refractivity (Wildman–Crippen MR) is 103 cm³/mol. The van der Waals surface area contributed by atoms with Crippen molar-refractivity contribution in [2.24, 2.45) is 0 Å². The number of carbonyl (C=O) groups is 1. The number of hydrogen-bond acceptors (Lipinski definition) is 3. The van der Waals surface area contributed by atoms with Gasteiger partial charge in [-0.25, -0.2) is 9.97 Å². The van der Waals surface area contributed by atoms with Gasteiger partial charge in [0.15, 0.2) is 0 Å². The van der Waals surface area contributed by atoms with Gasteiger partial charge in [-0.2, -0.15) is 0 Å². The van der Waals surface area contributed by atoms with E-state index < -0.39 is 0 Å². The van der Waals surface area contributed by atoms with Crippen LogP contribution < -0.4 is 5.32 Å². The first-order valence-electron chi connectivity index (χ1n) is 7.77. The minimum atomic E-state index is -0.295. The van der Waals surface area contributed by atoms with Gasteiger partial charge in [0.25, 0.3) is 5.91 Å². The molecule has 0 atom stereocenters. The van der Waals surface area contributed by atoms with E-state index in [1.54, 1.807) is 24.4 Å². The number of rotatable bonds is 3. The van der Waals surface area contributed by atoms with E-state index in [9.17, 15) is 4.79 Å². The maximum absolute atomic E-state index is 12.4. The van der Waals surface area contributed by atoms with Crippen molar-refractivity contribution >= 4 is 40.6 Å². The van der Waals surface area contributed by atoms with Crippen LogP contribution in [-0.4, -0.2) is 20.3 Å². The molecule has 0 saturated heterocycles. The number of carbonyl (C=O) groups excluding carboxylic acids is 1. The molecule has 4 rings (SSSR count). The van der Waals surface area contributed by atoms with Gasteiger partial charge in [0, 0.05) is 34.9 Å². The Bertz CT molecular complexity index is 1070. The van der Waals surface area contributed by atoms with E-state index in [1.165, 1.54) is 0 Å². The Morgan fingerprint density at radius 3 is 2.62 bits per heavy atom. The van der Waals surface area contributed by atoms with Crippen molar-refractivity contribution in [1.82, 2.24) is 14.4 Å². The molecule has 0 bridgehead atoms. The lowest BCUT2D eigenvalue weighted by Gasteiger charge is -2.07. The Kier molecular flexibility index (Phi) is 4.32. The summed E-state index contributed by atoms with van der Waals surface area (Å²) in [5.41, 5.74) is 2.76. The monoisotopic (exact) mass is 382 g/mol. The Hall–Kier alpha value is -2.89. The number of nitrogens with zero attached hydrogens (tertiary/aromatic N) is 3. The van der Waals surface area contributed by atoms with Gasteiger partial charge >= 0.3 is 0 Å². The van der Waals surface area contributed by atoms with Crippen LogP contribution in [0.2, 0.25) is 10.0 Å². The molecule has 0 aliphatic carbocycles. The van der Waals surface area contributed by atoms with Gasteiger partial charge < -0.3 is 5.32 Å². The SMILES string of the molecule is O=C(Nc1ccc(-c2cn3cccnc3n2)cc1)c1ccc(Cl)cc1Cl. The van der Waals surface area contributed by atoms with Gasteiger partial charge in [-0.3, -0.25) is 9.20 Å². The molecule has 0 aliphatic rings. The van der Waals surface area contributed by atoms with Crippen LogP contribution in [0.25, 0.3) is 17.0 Å². The van der Waals surface area contributed by atoms with Crippen LogP contribution in [-0.2, 0) is 0 Å². The second-order valence-corrected chi connectivity index (χ2v) is 6.45. The summed E-state index contributed by atoms with van der Waals surface area (Å²) in [4.78, 5) is 21.0. The topological polar surface area (TPSA) is 59.3 Å². The lowest BCUT2D eigenvalue weighted by Crippen LogP contribution is -2.12. The number of benzene rings is 2. The number of halogens is 2. The van der Waals surface area contributed by atoms with E-state index >= 15 is 0 Å². The Labute approximate surface area is 159 Å². The van der Waals surface area contributed by atoms with E-state index in [0.717, 1.165) is 11.3 Å². The largest absolute Gasteiger partial charge is 0.322 e. The van der Waals surface area contributed by atoms with E-state index in [-0.39, 0.29) is 5.91 Å². The van der Waals surface area contributed by atoms with Gasteiger partial charge in [-0.15, -0.1) is 0 Å². The average Bonchev–Trinajstić information content (AvgIpc) is 3.06. The quantitative estimate of drug-likeness (QED) is 0.544. The van der Waals surface area contributed by atoms with Crippen molar-refractivity contribution < 1.29 is 4.79 Å². The zero-order valence-electron chi connectivity index (χ0n) is 13.4. The maximum Gasteiger partial charge on any atom is 0.257 e. The van der Waals surface area contributed by atoms with E-state index in [0.29, 0.717) is 27.1 Å². The second-order valence-electron chi connectivity index (χ2n) is 5.61. The van der Waals surface area contributed by atoms with Gasteiger partial charge in [0.1, 0.15) is 0 Å². The first kappa shape index (κ1) is 16.6. The zero-order valence-corrected chi connectivity index (χ0v) is 14.9. The molecule has 1 N–H and O–H groups in total. The third kappa shape index (κ3) is 3.27. The summed E-state index contributed by atoms with van der Waals surface area (Å²) >= 11 is 11.9. The van der Waals surface area contributed by atoms with Gasteiger partial charge in [-0.05, 0) is 36.4 Å². The molecule has 4 aromatic rings. The number of amides is 1. The van der Waals surface area contributed by atoms with Crippen LogP contribution in [0.15, 0.2) is 67.1 Å². The summed E-state index contributed by atoms with van der Waals surface area (Å²) < 4.78 is 1.85. The van der Waals surface area contributed by atoms with Crippen molar-refractivity contribution in [3.05, 3.63) is 82.7 Å². The van der Waals surface area contributed by atoms with Crippen molar-refractivity contribution in [2.75, 3.05) is 5.32 Å². The van der Waals surface area contributed by atoms with E-state index in [1.807, 2.05) is 47.1 Å². The number of fused-ring (bicyclic) bond motifs is 1. The summed E-state index contributed by atoms with van der Waals surface area (Å²) in [6.45, 7) is 0. The van der Waals surface area contributed by atoms with Crippen molar-refractivity contribution in [1.29, 1.82) is 0 Å². The fourth-order valence-electron chi connectivity index (χ4n) is 2.57. The van der Waals surface area contributed by atoms with Gasteiger partial charge in [0.2, 0.25) is 5.78 Å². The molecule has 7 heteroatoms. The van der Waals surface area contributed by atoms with Crippen LogP contribution in [0.1, 0.15) is 10.4 Å². The summed E-state index contributed by atoms with van der Waals surface area (Å²) in [6.07, 6.45) is 5.50. The van der Waals surface area contributed by atoms with Crippen LogP contribution in [0.4, 0.5) is 5.69 Å².